The Kier molecular flexibility index (Phi) is 3.64. The second-order valence-electron chi connectivity index (χ2n) is 4.15. The van der Waals surface area contributed by atoms with Crippen molar-refractivity contribution in [3.63, 3.8) is 0 Å². The number of methoxy groups -OCH3 is 1. The predicted molar refractivity (Wildman–Crippen MR) is 62.0 cm³/mol. The van der Waals surface area contributed by atoms with Crippen molar-refractivity contribution in [2.75, 3.05) is 13.7 Å². The molecule has 17 heavy (non-hydrogen) atoms. The Morgan fingerprint density at radius 2 is 2.12 bits per heavy atom. The number of carboxylic acids is 1. The van der Waals surface area contributed by atoms with Gasteiger partial charge in [-0.1, -0.05) is 12.1 Å². The molecule has 1 fully saturated rings. The molecule has 0 aliphatic carbocycles. The monoisotopic (exact) mass is 236 g/mol. The lowest BCUT2D eigenvalue weighted by Crippen LogP contribution is -2.28. The average molecular weight is 236 g/mol. The molecule has 2 unspecified atom stereocenters. The zero-order valence-electron chi connectivity index (χ0n) is 9.76. The Balaban J connectivity index is 2.20. The van der Waals surface area contributed by atoms with E-state index in [2.05, 4.69) is 0 Å². The highest BCUT2D eigenvalue weighted by Crippen LogP contribution is 2.34. The molecule has 0 bridgehead atoms. The maximum Gasteiger partial charge on any atom is 0.309 e. The average Bonchev–Trinajstić information content (AvgIpc) is 2.39. The third-order valence-electron chi connectivity index (χ3n) is 3.08. The van der Waals surface area contributed by atoms with Crippen LogP contribution in [0.15, 0.2) is 24.3 Å². The van der Waals surface area contributed by atoms with E-state index in [0.29, 0.717) is 13.0 Å². The van der Waals surface area contributed by atoms with Crippen molar-refractivity contribution in [1.82, 2.24) is 0 Å². The van der Waals surface area contributed by atoms with Gasteiger partial charge in [-0.15, -0.1) is 0 Å². The first kappa shape index (κ1) is 11.9. The molecule has 0 radical (unpaired) electrons. The van der Waals surface area contributed by atoms with Gasteiger partial charge in [0.2, 0.25) is 0 Å². The summed E-state index contributed by atoms with van der Waals surface area (Å²) in [5.41, 5.74) is 0.901. The maximum absolute atomic E-state index is 11.2. The fraction of sp³-hybridized carbons (Fsp3) is 0.462. The Morgan fingerprint density at radius 3 is 2.71 bits per heavy atom. The second kappa shape index (κ2) is 5.19. The van der Waals surface area contributed by atoms with Crippen molar-refractivity contribution < 1.29 is 19.4 Å². The number of ether oxygens (including phenoxy) is 2. The number of benzene rings is 1. The summed E-state index contributed by atoms with van der Waals surface area (Å²) in [5, 5.41) is 9.17. The zero-order chi connectivity index (χ0) is 12.3. The summed E-state index contributed by atoms with van der Waals surface area (Å²) in [4.78, 5) is 11.2. The van der Waals surface area contributed by atoms with Gasteiger partial charge in [0.25, 0.3) is 0 Å². The van der Waals surface area contributed by atoms with Crippen molar-refractivity contribution in [2.24, 2.45) is 5.92 Å². The Bertz CT molecular complexity index is 385. The topological polar surface area (TPSA) is 55.8 Å². The molecular weight excluding hydrogens is 220 g/mol. The van der Waals surface area contributed by atoms with Crippen LogP contribution >= 0.6 is 0 Å². The van der Waals surface area contributed by atoms with Gasteiger partial charge in [-0.05, 0) is 30.5 Å². The summed E-state index contributed by atoms with van der Waals surface area (Å²) in [7, 11) is 1.60. The van der Waals surface area contributed by atoms with Crippen molar-refractivity contribution in [3.8, 4) is 5.75 Å². The molecule has 1 aliphatic heterocycles. The van der Waals surface area contributed by atoms with Crippen LogP contribution in [0.5, 0.6) is 5.75 Å². The summed E-state index contributed by atoms with van der Waals surface area (Å²) >= 11 is 0. The van der Waals surface area contributed by atoms with Crippen molar-refractivity contribution in [3.05, 3.63) is 29.8 Å². The van der Waals surface area contributed by atoms with E-state index in [-0.39, 0.29) is 6.10 Å². The molecule has 4 nitrogen and oxygen atoms in total. The molecule has 1 saturated heterocycles. The van der Waals surface area contributed by atoms with Crippen LogP contribution in [-0.4, -0.2) is 24.8 Å². The highest BCUT2D eigenvalue weighted by molar-refractivity contribution is 5.71. The standard InChI is InChI=1S/C13H16O4/c1-16-10-6-4-9(5-7-10)12-11(13(14)15)3-2-8-17-12/h4-7,11-12H,2-3,8H2,1H3,(H,14,15). The number of aliphatic carboxylic acids is 1. The molecular formula is C13H16O4. The van der Waals surface area contributed by atoms with Crippen LogP contribution in [0.2, 0.25) is 0 Å². The van der Waals surface area contributed by atoms with Crippen molar-refractivity contribution >= 4 is 5.97 Å². The summed E-state index contributed by atoms with van der Waals surface area (Å²) < 4.78 is 10.7. The van der Waals surface area contributed by atoms with Crippen LogP contribution in [0, 0.1) is 5.92 Å². The van der Waals surface area contributed by atoms with E-state index >= 15 is 0 Å². The van der Waals surface area contributed by atoms with E-state index in [1.54, 1.807) is 7.11 Å². The molecule has 2 rings (SSSR count). The van der Waals surface area contributed by atoms with Crippen LogP contribution < -0.4 is 4.74 Å². The van der Waals surface area contributed by atoms with E-state index in [0.717, 1.165) is 17.7 Å². The number of carbonyl (C=O) groups is 1. The minimum Gasteiger partial charge on any atom is -0.497 e. The molecule has 4 heteroatoms. The van der Waals surface area contributed by atoms with Crippen LogP contribution in [0.1, 0.15) is 24.5 Å². The number of hydrogen-bond acceptors (Lipinski definition) is 3. The van der Waals surface area contributed by atoms with Gasteiger partial charge >= 0.3 is 5.97 Å². The van der Waals surface area contributed by atoms with Crippen LogP contribution in [0.3, 0.4) is 0 Å². The first-order valence-corrected chi connectivity index (χ1v) is 5.70. The maximum atomic E-state index is 11.2. The Morgan fingerprint density at radius 1 is 1.41 bits per heavy atom. The van der Waals surface area contributed by atoms with Gasteiger partial charge in [0, 0.05) is 6.61 Å². The summed E-state index contributed by atoms with van der Waals surface area (Å²) in [5.74, 6) is -0.473. The van der Waals surface area contributed by atoms with E-state index in [1.807, 2.05) is 24.3 Å². The van der Waals surface area contributed by atoms with E-state index < -0.39 is 11.9 Å². The lowest BCUT2D eigenvalue weighted by Gasteiger charge is -2.29. The molecule has 1 aromatic carbocycles. The fourth-order valence-corrected chi connectivity index (χ4v) is 2.16. The Labute approximate surface area is 100 Å². The molecule has 1 aliphatic rings. The third kappa shape index (κ3) is 2.58. The number of rotatable bonds is 3. The molecule has 1 aromatic rings. The first-order chi connectivity index (χ1) is 8.22. The number of hydrogen-bond donors (Lipinski definition) is 1. The van der Waals surface area contributed by atoms with Gasteiger partial charge in [-0.2, -0.15) is 0 Å². The molecule has 1 heterocycles. The van der Waals surface area contributed by atoms with Crippen LogP contribution in [-0.2, 0) is 9.53 Å². The summed E-state index contributed by atoms with van der Waals surface area (Å²) in [6.45, 7) is 0.625. The van der Waals surface area contributed by atoms with Gasteiger partial charge in [0.1, 0.15) is 5.75 Å². The largest absolute Gasteiger partial charge is 0.497 e. The molecule has 0 aromatic heterocycles. The molecule has 0 amide bonds. The molecule has 0 spiro atoms. The van der Waals surface area contributed by atoms with Gasteiger partial charge in [0.15, 0.2) is 0 Å². The van der Waals surface area contributed by atoms with Gasteiger partial charge in [-0.3, -0.25) is 4.79 Å². The quantitative estimate of drug-likeness (QED) is 0.874. The van der Waals surface area contributed by atoms with E-state index in [4.69, 9.17) is 14.6 Å². The van der Waals surface area contributed by atoms with Gasteiger partial charge in [0.05, 0.1) is 19.1 Å². The molecule has 92 valence electrons. The summed E-state index contributed by atoms with van der Waals surface area (Å²) in [6.07, 6.45) is 1.14. The van der Waals surface area contributed by atoms with Gasteiger partial charge in [-0.25, -0.2) is 0 Å². The lowest BCUT2D eigenvalue weighted by atomic mass is 9.89. The van der Waals surface area contributed by atoms with Crippen LogP contribution in [0.4, 0.5) is 0 Å². The SMILES string of the molecule is COc1ccc(C2OCCCC2C(=O)O)cc1. The third-order valence-corrected chi connectivity index (χ3v) is 3.08. The van der Waals surface area contributed by atoms with Crippen LogP contribution in [0.25, 0.3) is 0 Å². The van der Waals surface area contributed by atoms with E-state index in [9.17, 15) is 4.79 Å². The molecule has 0 saturated carbocycles. The first-order valence-electron chi connectivity index (χ1n) is 5.70. The van der Waals surface area contributed by atoms with E-state index in [1.165, 1.54) is 0 Å². The van der Waals surface area contributed by atoms with Crippen molar-refractivity contribution in [1.29, 1.82) is 0 Å². The smallest absolute Gasteiger partial charge is 0.309 e. The normalized spacial score (nSPS) is 24.3. The minimum absolute atomic E-state index is 0.341. The fourth-order valence-electron chi connectivity index (χ4n) is 2.16. The van der Waals surface area contributed by atoms with Crippen molar-refractivity contribution in [2.45, 2.75) is 18.9 Å². The molecule has 2 atom stereocenters. The minimum atomic E-state index is -0.787. The highest BCUT2D eigenvalue weighted by atomic mass is 16.5. The molecule has 1 N–H and O–H groups in total. The predicted octanol–water partition coefficient (Wildman–Crippen LogP) is 2.25. The second-order valence-corrected chi connectivity index (χ2v) is 4.15. The number of carboxylic acid groups (broad SMARTS) is 1. The summed E-state index contributed by atoms with van der Waals surface area (Å²) in [6, 6.07) is 7.38. The Hall–Kier alpha value is -1.55. The zero-order valence-corrected chi connectivity index (χ0v) is 9.76. The highest BCUT2D eigenvalue weighted by Gasteiger charge is 2.32. The van der Waals surface area contributed by atoms with Gasteiger partial charge < -0.3 is 14.6 Å². The lowest BCUT2D eigenvalue weighted by molar-refractivity contribution is -0.151.